The van der Waals surface area contributed by atoms with E-state index < -0.39 is 6.04 Å². The molecule has 0 aliphatic heterocycles. The number of hydrogen-bond acceptors (Lipinski definition) is 4. The van der Waals surface area contributed by atoms with Gasteiger partial charge in [0.15, 0.2) is 0 Å². The van der Waals surface area contributed by atoms with Crippen LogP contribution in [0.5, 0.6) is 0 Å². The fourth-order valence-electron chi connectivity index (χ4n) is 1.52. The molecular weight excluding hydrogens is 216 g/mol. The molecule has 0 aromatic heterocycles. The third-order valence-corrected chi connectivity index (χ3v) is 2.50. The molecule has 0 aliphatic carbocycles. The zero-order valence-electron chi connectivity index (χ0n) is 10.6. The van der Waals surface area contributed by atoms with Crippen molar-refractivity contribution in [2.45, 2.75) is 19.4 Å². The van der Waals surface area contributed by atoms with Crippen LogP contribution in [0, 0.1) is 0 Å². The Morgan fingerprint density at radius 3 is 2.41 bits per heavy atom. The van der Waals surface area contributed by atoms with Crippen LogP contribution in [0.2, 0.25) is 0 Å². The van der Waals surface area contributed by atoms with Crippen molar-refractivity contribution in [1.82, 2.24) is 0 Å². The van der Waals surface area contributed by atoms with Crippen molar-refractivity contribution >= 4 is 11.7 Å². The van der Waals surface area contributed by atoms with Crippen LogP contribution >= 0.6 is 0 Å². The lowest BCUT2D eigenvalue weighted by molar-refractivity contribution is -0.144. The van der Waals surface area contributed by atoms with E-state index in [9.17, 15) is 4.79 Å². The molecule has 0 heterocycles. The van der Waals surface area contributed by atoms with Crippen molar-refractivity contribution in [2.24, 2.45) is 5.73 Å². The van der Waals surface area contributed by atoms with E-state index in [0.717, 1.165) is 11.3 Å². The molecule has 0 bridgehead atoms. The Kier molecular flexibility index (Phi) is 4.97. The second-order valence-corrected chi connectivity index (χ2v) is 4.12. The number of ether oxygens (including phenoxy) is 1. The number of carbonyl (C=O) groups excluding carboxylic acids is 1. The van der Waals surface area contributed by atoms with Gasteiger partial charge in [0.1, 0.15) is 6.04 Å². The highest BCUT2D eigenvalue weighted by molar-refractivity contribution is 5.75. The number of anilines is 1. The Morgan fingerprint density at radius 2 is 1.94 bits per heavy atom. The normalized spacial score (nSPS) is 12.0. The number of benzene rings is 1. The second-order valence-electron chi connectivity index (χ2n) is 4.12. The lowest BCUT2D eigenvalue weighted by Crippen LogP contribution is -2.34. The fraction of sp³-hybridized carbons (Fsp3) is 0.462. The molecule has 1 aromatic rings. The summed E-state index contributed by atoms with van der Waals surface area (Å²) in [5, 5.41) is 0. The van der Waals surface area contributed by atoms with E-state index in [4.69, 9.17) is 10.5 Å². The van der Waals surface area contributed by atoms with Crippen molar-refractivity contribution in [3.8, 4) is 0 Å². The molecule has 17 heavy (non-hydrogen) atoms. The molecule has 1 rings (SSSR count). The summed E-state index contributed by atoms with van der Waals surface area (Å²) in [7, 11) is 3.97. The second kappa shape index (κ2) is 6.25. The van der Waals surface area contributed by atoms with Gasteiger partial charge in [-0.15, -0.1) is 0 Å². The SMILES string of the molecule is CCOC(=O)C(N)Cc1ccc(N(C)C)cc1. The summed E-state index contributed by atoms with van der Waals surface area (Å²) in [5.74, 6) is -0.343. The van der Waals surface area contributed by atoms with Crippen molar-refractivity contribution in [3.05, 3.63) is 29.8 Å². The molecule has 2 N–H and O–H groups in total. The first-order valence-electron chi connectivity index (χ1n) is 5.73. The number of rotatable bonds is 5. The Hall–Kier alpha value is -1.55. The van der Waals surface area contributed by atoms with Gasteiger partial charge in [0.2, 0.25) is 0 Å². The van der Waals surface area contributed by atoms with E-state index in [1.807, 2.05) is 43.3 Å². The minimum absolute atomic E-state index is 0.343. The minimum Gasteiger partial charge on any atom is -0.465 e. The predicted octanol–water partition coefficient (Wildman–Crippen LogP) is 1.19. The molecule has 4 heteroatoms. The maximum absolute atomic E-state index is 11.4. The van der Waals surface area contributed by atoms with E-state index in [-0.39, 0.29) is 5.97 Å². The number of nitrogens with two attached hydrogens (primary N) is 1. The molecule has 0 saturated heterocycles. The molecular formula is C13H20N2O2. The summed E-state index contributed by atoms with van der Waals surface area (Å²) in [6.07, 6.45) is 0.506. The third-order valence-electron chi connectivity index (χ3n) is 2.50. The van der Waals surface area contributed by atoms with Crippen LogP contribution in [0.4, 0.5) is 5.69 Å². The van der Waals surface area contributed by atoms with Gasteiger partial charge in [-0.25, -0.2) is 0 Å². The summed E-state index contributed by atoms with van der Waals surface area (Å²) < 4.78 is 4.87. The van der Waals surface area contributed by atoms with E-state index in [2.05, 4.69) is 0 Å². The van der Waals surface area contributed by atoms with Crippen molar-refractivity contribution in [2.75, 3.05) is 25.6 Å². The van der Waals surface area contributed by atoms with Crippen LogP contribution < -0.4 is 10.6 Å². The maximum atomic E-state index is 11.4. The summed E-state index contributed by atoms with van der Waals surface area (Å²) in [5.41, 5.74) is 7.91. The molecule has 4 nitrogen and oxygen atoms in total. The Morgan fingerprint density at radius 1 is 1.35 bits per heavy atom. The van der Waals surface area contributed by atoms with Gasteiger partial charge in [-0.2, -0.15) is 0 Å². The monoisotopic (exact) mass is 236 g/mol. The summed E-state index contributed by atoms with van der Waals surface area (Å²) in [6.45, 7) is 2.14. The van der Waals surface area contributed by atoms with Gasteiger partial charge in [0.25, 0.3) is 0 Å². The van der Waals surface area contributed by atoms with Crippen LogP contribution in [0.15, 0.2) is 24.3 Å². The van der Waals surface area contributed by atoms with Crippen LogP contribution in [-0.2, 0) is 16.0 Å². The predicted molar refractivity (Wildman–Crippen MR) is 69.1 cm³/mol. The number of esters is 1. The quantitative estimate of drug-likeness (QED) is 0.780. The highest BCUT2D eigenvalue weighted by atomic mass is 16.5. The topological polar surface area (TPSA) is 55.6 Å². The highest BCUT2D eigenvalue weighted by Gasteiger charge is 2.14. The molecule has 0 radical (unpaired) electrons. The smallest absolute Gasteiger partial charge is 0.323 e. The van der Waals surface area contributed by atoms with Gasteiger partial charge in [0, 0.05) is 19.8 Å². The van der Waals surface area contributed by atoms with Gasteiger partial charge >= 0.3 is 5.97 Å². The van der Waals surface area contributed by atoms with Gasteiger partial charge < -0.3 is 15.4 Å². The molecule has 1 aromatic carbocycles. The largest absolute Gasteiger partial charge is 0.465 e. The first kappa shape index (κ1) is 13.5. The maximum Gasteiger partial charge on any atom is 0.323 e. The van der Waals surface area contributed by atoms with Gasteiger partial charge in [-0.1, -0.05) is 12.1 Å². The van der Waals surface area contributed by atoms with Crippen LogP contribution in [-0.4, -0.2) is 32.7 Å². The third kappa shape index (κ3) is 4.07. The summed E-state index contributed by atoms with van der Waals surface area (Å²) in [4.78, 5) is 13.4. The molecule has 0 fully saturated rings. The lowest BCUT2D eigenvalue weighted by atomic mass is 10.1. The number of carbonyl (C=O) groups is 1. The minimum atomic E-state index is -0.583. The molecule has 1 unspecified atom stereocenters. The van der Waals surface area contributed by atoms with E-state index >= 15 is 0 Å². The Bertz CT molecular complexity index is 360. The molecule has 0 spiro atoms. The summed E-state index contributed by atoms with van der Waals surface area (Å²) >= 11 is 0. The van der Waals surface area contributed by atoms with Gasteiger partial charge in [-0.3, -0.25) is 4.79 Å². The van der Waals surface area contributed by atoms with E-state index in [1.165, 1.54) is 0 Å². The van der Waals surface area contributed by atoms with Crippen molar-refractivity contribution < 1.29 is 9.53 Å². The van der Waals surface area contributed by atoms with Crippen LogP contribution in [0.25, 0.3) is 0 Å². The highest BCUT2D eigenvalue weighted by Crippen LogP contribution is 2.13. The molecule has 0 aliphatic rings. The first-order chi connectivity index (χ1) is 8.04. The van der Waals surface area contributed by atoms with Crippen LogP contribution in [0.3, 0.4) is 0 Å². The fourth-order valence-corrected chi connectivity index (χ4v) is 1.52. The Labute approximate surface area is 102 Å². The van der Waals surface area contributed by atoms with Crippen molar-refractivity contribution in [1.29, 1.82) is 0 Å². The van der Waals surface area contributed by atoms with Crippen LogP contribution in [0.1, 0.15) is 12.5 Å². The summed E-state index contributed by atoms with van der Waals surface area (Å²) in [6, 6.07) is 7.39. The number of hydrogen-bond donors (Lipinski definition) is 1. The molecule has 94 valence electrons. The zero-order chi connectivity index (χ0) is 12.8. The van der Waals surface area contributed by atoms with E-state index in [1.54, 1.807) is 6.92 Å². The molecule has 0 amide bonds. The first-order valence-corrected chi connectivity index (χ1v) is 5.73. The number of nitrogens with zero attached hydrogens (tertiary/aromatic N) is 1. The average molecular weight is 236 g/mol. The molecule has 0 saturated carbocycles. The van der Waals surface area contributed by atoms with Gasteiger partial charge in [-0.05, 0) is 31.0 Å². The standard InChI is InChI=1S/C13H20N2O2/c1-4-17-13(16)12(14)9-10-5-7-11(8-6-10)15(2)3/h5-8,12H,4,9,14H2,1-3H3. The van der Waals surface area contributed by atoms with Crippen molar-refractivity contribution in [3.63, 3.8) is 0 Å². The lowest BCUT2D eigenvalue weighted by Gasteiger charge is -2.14. The molecule has 1 atom stereocenters. The van der Waals surface area contributed by atoms with Gasteiger partial charge in [0.05, 0.1) is 6.61 Å². The zero-order valence-corrected chi connectivity index (χ0v) is 10.6. The average Bonchev–Trinajstić information content (AvgIpc) is 2.30. The van der Waals surface area contributed by atoms with E-state index in [0.29, 0.717) is 13.0 Å². The Balaban J connectivity index is 2.60.